The van der Waals surface area contributed by atoms with Crippen LogP contribution >= 0.6 is 11.6 Å². The van der Waals surface area contributed by atoms with Crippen molar-refractivity contribution >= 4 is 17.5 Å². The van der Waals surface area contributed by atoms with Crippen LogP contribution < -0.4 is 10.6 Å². The van der Waals surface area contributed by atoms with E-state index in [0.29, 0.717) is 17.5 Å². The maximum atomic E-state index is 11.8. The molecule has 98 valence electrons. The molecule has 1 atom stereocenters. The molecule has 1 aliphatic heterocycles. The van der Waals surface area contributed by atoms with Gasteiger partial charge in [0.2, 0.25) is 0 Å². The molecular weight excluding hydrogens is 252 g/mol. The molecule has 0 radical (unpaired) electrons. The maximum Gasteiger partial charge on any atom is 0.255 e. The molecule has 0 bridgehead atoms. The Morgan fingerprint density at radius 1 is 1.56 bits per heavy atom. The highest BCUT2D eigenvalue weighted by Crippen LogP contribution is 2.21. The molecule has 0 spiro atoms. The summed E-state index contributed by atoms with van der Waals surface area (Å²) in [4.78, 5) is 11.8. The third-order valence-corrected chi connectivity index (χ3v) is 3.44. The van der Waals surface area contributed by atoms with Crippen LogP contribution in [-0.4, -0.2) is 30.6 Å². The van der Waals surface area contributed by atoms with E-state index < -0.39 is 0 Å². The molecule has 5 heteroatoms. The Bertz CT molecular complexity index is 431. The van der Waals surface area contributed by atoms with E-state index in [1.54, 1.807) is 6.07 Å². The summed E-state index contributed by atoms with van der Waals surface area (Å²) in [6.45, 7) is 2.73. The smallest absolute Gasteiger partial charge is 0.255 e. The van der Waals surface area contributed by atoms with Crippen molar-refractivity contribution in [2.75, 3.05) is 19.6 Å². The van der Waals surface area contributed by atoms with Crippen LogP contribution in [0.5, 0.6) is 5.75 Å². The van der Waals surface area contributed by atoms with Crippen molar-refractivity contribution in [2.45, 2.75) is 12.8 Å². The lowest BCUT2D eigenvalue weighted by Gasteiger charge is -2.10. The molecule has 1 aromatic carbocycles. The fourth-order valence-corrected chi connectivity index (χ4v) is 2.31. The van der Waals surface area contributed by atoms with E-state index in [9.17, 15) is 9.90 Å². The molecule has 1 unspecified atom stereocenters. The van der Waals surface area contributed by atoms with E-state index in [1.807, 2.05) is 0 Å². The number of rotatable bonds is 4. The Hall–Kier alpha value is -1.26. The van der Waals surface area contributed by atoms with E-state index >= 15 is 0 Å². The summed E-state index contributed by atoms with van der Waals surface area (Å²) in [6.07, 6.45) is 2.13. The van der Waals surface area contributed by atoms with E-state index in [0.717, 1.165) is 19.5 Å². The third-order valence-electron chi connectivity index (χ3n) is 3.20. The number of amides is 1. The number of nitrogens with one attached hydrogen (secondary N) is 2. The second kappa shape index (κ2) is 6.07. The molecule has 3 N–H and O–H groups in total. The normalized spacial score (nSPS) is 18.8. The van der Waals surface area contributed by atoms with Gasteiger partial charge in [-0.25, -0.2) is 0 Å². The summed E-state index contributed by atoms with van der Waals surface area (Å²) in [7, 11) is 0. The van der Waals surface area contributed by atoms with Crippen LogP contribution in [0, 0.1) is 5.92 Å². The van der Waals surface area contributed by atoms with Crippen LogP contribution in [0.3, 0.4) is 0 Å². The van der Waals surface area contributed by atoms with Crippen LogP contribution in [0.4, 0.5) is 0 Å². The molecule has 1 heterocycles. The second-order valence-electron chi connectivity index (χ2n) is 4.56. The molecule has 4 nitrogen and oxygen atoms in total. The number of halogens is 1. The summed E-state index contributed by atoms with van der Waals surface area (Å²) < 4.78 is 0. The van der Waals surface area contributed by atoms with Gasteiger partial charge < -0.3 is 15.7 Å². The average Bonchev–Trinajstić information content (AvgIpc) is 2.81. The second-order valence-corrected chi connectivity index (χ2v) is 5.00. The van der Waals surface area contributed by atoms with Crippen molar-refractivity contribution in [1.82, 2.24) is 10.6 Å². The standard InChI is InChI=1S/C13H17ClN2O2/c14-10-1-2-11(12(17)7-10)13(18)16-6-4-9-3-5-15-8-9/h1-2,7,9,15,17H,3-6,8H2,(H,16,18). The lowest BCUT2D eigenvalue weighted by Crippen LogP contribution is -2.26. The number of aromatic hydroxyl groups is 1. The van der Waals surface area contributed by atoms with E-state index in [4.69, 9.17) is 11.6 Å². The van der Waals surface area contributed by atoms with Gasteiger partial charge in [-0.15, -0.1) is 0 Å². The van der Waals surface area contributed by atoms with Crippen LogP contribution in [0.25, 0.3) is 0 Å². The largest absolute Gasteiger partial charge is 0.507 e. The van der Waals surface area contributed by atoms with Crippen LogP contribution in [0.2, 0.25) is 5.02 Å². The lowest BCUT2D eigenvalue weighted by molar-refractivity contribution is 0.0949. The number of carbonyl (C=O) groups is 1. The van der Waals surface area contributed by atoms with Crippen LogP contribution in [0.15, 0.2) is 18.2 Å². The Kier molecular flexibility index (Phi) is 4.44. The van der Waals surface area contributed by atoms with Gasteiger partial charge in [0.25, 0.3) is 5.91 Å². The van der Waals surface area contributed by atoms with E-state index in [1.165, 1.54) is 18.6 Å². The van der Waals surface area contributed by atoms with Crippen LogP contribution in [0.1, 0.15) is 23.2 Å². The first kappa shape index (κ1) is 13.2. The predicted octanol–water partition coefficient (Wildman–Crippen LogP) is 1.77. The maximum absolute atomic E-state index is 11.8. The SMILES string of the molecule is O=C(NCCC1CCNC1)c1ccc(Cl)cc1O. The summed E-state index contributed by atoms with van der Waals surface area (Å²) in [5.74, 6) is 0.307. The summed E-state index contributed by atoms with van der Waals surface area (Å²) in [5.41, 5.74) is 0.268. The summed E-state index contributed by atoms with van der Waals surface area (Å²) >= 11 is 5.71. The van der Waals surface area contributed by atoms with Crippen molar-refractivity contribution in [3.8, 4) is 5.75 Å². The van der Waals surface area contributed by atoms with Crippen molar-refractivity contribution in [3.63, 3.8) is 0 Å². The first-order valence-electron chi connectivity index (χ1n) is 6.14. The Morgan fingerprint density at radius 2 is 2.39 bits per heavy atom. The number of phenolic OH excluding ortho intramolecular Hbond substituents is 1. The topological polar surface area (TPSA) is 61.4 Å². The third kappa shape index (κ3) is 3.37. The van der Waals surface area contributed by atoms with Gasteiger partial charge in [0, 0.05) is 11.6 Å². The molecule has 2 rings (SSSR count). The van der Waals surface area contributed by atoms with Crippen LogP contribution in [-0.2, 0) is 0 Å². The summed E-state index contributed by atoms with van der Waals surface area (Å²) in [6, 6.07) is 4.50. The molecule has 1 aromatic rings. The monoisotopic (exact) mass is 268 g/mol. The average molecular weight is 269 g/mol. The summed E-state index contributed by atoms with van der Waals surface area (Å²) in [5, 5.41) is 16.1. The van der Waals surface area contributed by atoms with Gasteiger partial charge in [-0.1, -0.05) is 11.6 Å². The number of carbonyl (C=O) groups excluding carboxylic acids is 1. The van der Waals surface area contributed by atoms with E-state index in [-0.39, 0.29) is 17.2 Å². The van der Waals surface area contributed by atoms with Gasteiger partial charge in [0.1, 0.15) is 5.75 Å². The van der Waals surface area contributed by atoms with Crippen molar-refractivity contribution < 1.29 is 9.90 Å². The molecule has 1 fully saturated rings. The van der Waals surface area contributed by atoms with Crippen molar-refractivity contribution in [3.05, 3.63) is 28.8 Å². The number of phenols is 1. The quantitative estimate of drug-likeness (QED) is 0.780. The van der Waals surface area contributed by atoms with Gasteiger partial charge in [0.05, 0.1) is 5.56 Å². The number of benzene rings is 1. The first-order chi connectivity index (χ1) is 8.66. The predicted molar refractivity (Wildman–Crippen MR) is 71.0 cm³/mol. The van der Waals surface area contributed by atoms with Gasteiger partial charge >= 0.3 is 0 Å². The molecule has 0 aliphatic carbocycles. The highest BCUT2D eigenvalue weighted by molar-refractivity contribution is 6.30. The molecular formula is C13H17ClN2O2. The zero-order valence-corrected chi connectivity index (χ0v) is 10.8. The van der Waals surface area contributed by atoms with E-state index in [2.05, 4.69) is 10.6 Å². The zero-order chi connectivity index (χ0) is 13.0. The van der Waals surface area contributed by atoms with Gasteiger partial charge in [-0.3, -0.25) is 4.79 Å². The Morgan fingerprint density at radius 3 is 3.06 bits per heavy atom. The van der Waals surface area contributed by atoms with Crippen molar-refractivity contribution in [2.24, 2.45) is 5.92 Å². The zero-order valence-electron chi connectivity index (χ0n) is 10.1. The first-order valence-corrected chi connectivity index (χ1v) is 6.52. The Balaban J connectivity index is 1.83. The fourth-order valence-electron chi connectivity index (χ4n) is 2.14. The molecule has 18 heavy (non-hydrogen) atoms. The number of hydrogen-bond donors (Lipinski definition) is 3. The minimum atomic E-state index is -0.255. The van der Waals surface area contributed by atoms with Gasteiger partial charge in [-0.05, 0) is 50.0 Å². The molecule has 0 saturated carbocycles. The molecule has 1 saturated heterocycles. The van der Waals surface area contributed by atoms with Gasteiger partial charge in [-0.2, -0.15) is 0 Å². The van der Waals surface area contributed by atoms with Gasteiger partial charge in [0.15, 0.2) is 0 Å². The highest BCUT2D eigenvalue weighted by Gasteiger charge is 2.15. The van der Waals surface area contributed by atoms with Crippen molar-refractivity contribution in [1.29, 1.82) is 0 Å². The fraction of sp³-hybridized carbons (Fsp3) is 0.462. The lowest BCUT2D eigenvalue weighted by atomic mass is 10.1. The highest BCUT2D eigenvalue weighted by atomic mass is 35.5. The Labute approximate surface area is 111 Å². The molecule has 0 aromatic heterocycles. The number of hydrogen-bond acceptors (Lipinski definition) is 3. The molecule has 1 amide bonds. The minimum Gasteiger partial charge on any atom is -0.507 e. The minimum absolute atomic E-state index is 0.0810. The molecule has 1 aliphatic rings.